The molecule has 226 valence electrons. The summed E-state index contributed by atoms with van der Waals surface area (Å²) < 4.78 is 20.0. The minimum absolute atomic E-state index is 0.0729. The van der Waals surface area contributed by atoms with Gasteiger partial charge in [-0.2, -0.15) is 0 Å². The van der Waals surface area contributed by atoms with Crippen LogP contribution in [0.4, 0.5) is 9.18 Å². The maximum absolute atomic E-state index is 14.0. The van der Waals surface area contributed by atoms with E-state index in [9.17, 15) is 24.2 Å². The number of nitrogens with zero attached hydrogens (tertiary/aromatic N) is 2. The Kier molecular flexibility index (Phi) is 9.79. The lowest BCUT2D eigenvalue weighted by atomic mass is 9.81. The van der Waals surface area contributed by atoms with Crippen molar-refractivity contribution in [3.8, 4) is 5.75 Å². The molecule has 0 unspecified atom stereocenters. The first-order valence-corrected chi connectivity index (χ1v) is 15.1. The van der Waals surface area contributed by atoms with Crippen LogP contribution in [0.15, 0.2) is 82.8 Å². The molecule has 2 bridgehead atoms. The Morgan fingerprint density at radius 3 is 2.58 bits per heavy atom. The van der Waals surface area contributed by atoms with Crippen LogP contribution in [0.1, 0.15) is 35.6 Å². The van der Waals surface area contributed by atoms with Crippen LogP contribution in [-0.4, -0.2) is 77.4 Å². The normalized spacial score (nSPS) is 18.7. The summed E-state index contributed by atoms with van der Waals surface area (Å²) in [5.41, 5.74) is 3.95. The average molecular weight is 653 g/mol. The molecule has 3 aromatic carbocycles. The van der Waals surface area contributed by atoms with Gasteiger partial charge < -0.3 is 25.2 Å². The molecule has 2 aliphatic heterocycles. The van der Waals surface area contributed by atoms with Crippen LogP contribution < -0.4 is 10.1 Å². The summed E-state index contributed by atoms with van der Waals surface area (Å²) in [7, 11) is 1.64. The summed E-state index contributed by atoms with van der Waals surface area (Å²) in [5, 5.41) is 24.1. The number of carbonyl (C=O) groups is 2. The van der Waals surface area contributed by atoms with Crippen molar-refractivity contribution >= 4 is 33.5 Å². The quantitative estimate of drug-likeness (QED) is 0.258. The second-order valence-corrected chi connectivity index (χ2v) is 11.8. The number of ether oxygens (including phenoxy) is 1. The summed E-state index contributed by atoms with van der Waals surface area (Å²) in [4.78, 5) is 29.2. The third kappa shape index (κ3) is 7.09. The number of fused-ring (bicyclic) bond motifs is 2. The number of carbonyl (C=O) groups excluding carboxylic acids is 1. The van der Waals surface area contributed by atoms with Gasteiger partial charge in [0.2, 0.25) is 0 Å². The fraction of sp³-hybridized carbons (Fsp3) is 0.333. The molecule has 0 aliphatic carbocycles. The lowest BCUT2D eigenvalue weighted by Crippen LogP contribution is -2.63. The van der Waals surface area contributed by atoms with Crippen molar-refractivity contribution < 1.29 is 28.9 Å². The minimum Gasteiger partial charge on any atom is -0.492 e. The lowest BCUT2D eigenvalue weighted by molar-refractivity contribution is -0.128. The predicted octanol–water partition coefficient (Wildman–Crippen LogP) is 5.27. The van der Waals surface area contributed by atoms with Crippen LogP contribution in [0, 0.1) is 5.82 Å². The van der Waals surface area contributed by atoms with Gasteiger partial charge in [0, 0.05) is 31.8 Å². The number of aliphatic hydroxyl groups excluding tert-OH is 1. The van der Waals surface area contributed by atoms with E-state index >= 15 is 0 Å². The van der Waals surface area contributed by atoms with E-state index in [1.54, 1.807) is 13.1 Å². The Balaban J connectivity index is 1.34. The van der Waals surface area contributed by atoms with Gasteiger partial charge >= 0.3 is 6.09 Å². The molecule has 0 radical (unpaired) electrons. The van der Waals surface area contributed by atoms with Crippen LogP contribution in [-0.2, 0) is 11.2 Å². The van der Waals surface area contributed by atoms with Crippen molar-refractivity contribution in [2.75, 3.05) is 33.3 Å². The molecule has 2 amide bonds. The van der Waals surface area contributed by atoms with Crippen molar-refractivity contribution in [1.29, 1.82) is 0 Å². The van der Waals surface area contributed by atoms with Gasteiger partial charge in [-0.15, -0.1) is 0 Å². The van der Waals surface area contributed by atoms with E-state index in [4.69, 9.17) is 4.74 Å². The number of halogens is 2. The Bertz CT molecular complexity index is 1480. The largest absolute Gasteiger partial charge is 0.492 e. The molecule has 8 nitrogen and oxygen atoms in total. The van der Waals surface area contributed by atoms with Gasteiger partial charge in [0.1, 0.15) is 11.6 Å². The summed E-state index contributed by atoms with van der Waals surface area (Å²) in [6.45, 7) is 1.34. The highest BCUT2D eigenvalue weighted by Gasteiger charge is 2.44. The fourth-order valence-corrected chi connectivity index (χ4v) is 6.24. The van der Waals surface area contributed by atoms with Crippen molar-refractivity contribution in [2.45, 2.75) is 37.5 Å². The number of benzene rings is 3. The molecule has 0 aromatic heterocycles. The van der Waals surface area contributed by atoms with Gasteiger partial charge in [-0.25, -0.2) is 9.18 Å². The first-order valence-electron chi connectivity index (χ1n) is 14.3. The Morgan fingerprint density at radius 2 is 1.86 bits per heavy atom. The van der Waals surface area contributed by atoms with Crippen molar-refractivity contribution in [3.63, 3.8) is 0 Å². The zero-order chi connectivity index (χ0) is 30.5. The van der Waals surface area contributed by atoms with Crippen LogP contribution in [0.25, 0.3) is 5.57 Å². The molecule has 3 aromatic rings. The monoisotopic (exact) mass is 651 g/mol. The number of nitrogens with one attached hydrogen (secondary N) is 1. The molecule has 43 heavy (non-hydrogen) atoms. The Morgan fingerprint density at radius 1 is 1.12 bits per heavy atom. The van der Waals surface area contributed by atoms with E-state index in [1.807, 2.05) is 54.6 Å². The number of rotatable bonds is 10. The first-order chi connectivity index (χ1) is 20.7. The molecule has 1 fully saturated rings. The molecule has 2 aliphatic rings. The van der Waals surface area contributed by atoms with E-state index < -0.39 is 18.2 Å². The number of carboxylic acid groups (broad SMARTS) is 1. The summed E-state index contributed by atoms with van der Waals surface area (Å²) in [6, 6.07) is 20.6. The predicted molar refractivity (Wildman–Crippen MR) is 165 cm³/mol. The molecule has 5 rings (SSSR count). The Hall–Kier alpha value is -3.73. The highest BCUT2D eigenvalue weighted by molar-refractivity contribution is 9.10. The number of aliphatic hydroxyl groups is 1. The lowest BCUT2D eigenvalue weighted by Gasteiger charge is -2.46. The first kappa shape index (κ1) is 30.7. The molecular formula is C33H35BrFN3O5. The van der Waals surface area contributed by atoms with Gasteiger partial charge in [0.25, 0.3) is 5.91 Å². The smallest absolute Gasteiger partial charge is 0.408 e. The van der Waals surface area contributed by atoms with Gasteiger partial charge in [-0.1, -0.05) is 54.6 Å². The molecular weight excluding hydrogens is 617 g/mol. The third-order valence-electron chi connectivity index (χ3n) is 8.04. The van der Waals surface area contributed by atoms with Crippen molar-refractivity contribution in [2.24, 2.45) is 0 Å². The second-order valence-electron chi connectivity index (χ2n) is 10.9. The zero-order valence-corrected chi connectivity index (χ0v) is 25.5. The summed E-state index contributed by atoms with van der Waals surface area (Å²) >= 11 is 3.37. The van der Waals surface area contributed by atoms with Crippen molar-refractivity contribution in [3.05, 3.63) is 105 Å². The number of amides is 2. The SMILES string of the molecule is CN(C[C@H](O)c1ccccc1)C(=O)C1=C(c2ccc(CCCOc3cc(F)ccc3Br)cc2)C[C@@H]2CNC[C@H]1N2C(=O)O. The van der Waals surface area contributed by atoms with Crippen LogP contribution in [0.2, 0.25) is 0 Å². The van der Waals surface area contributed by atoms with Crippen LogP contribution in [0.3, 0.4) is 0 Å². The summed E-state index contributed by atoms with van der Waals surface area (Å²) in [6.07, 6.45) is -0.0365. The minimum atomic E-state index is -1.05. The van der Waals surface area contributed by atoms with Gasteiger partial charge in [-0.3, -0.25) is 9.69 Å². The number of likely N-dealkylation sites (N-methyl/N-ethyl adjacent to an activating group) is 1. The summed E-state index contributed by atoms with van der Waals surface area (Å²) in [5.74, 6) is -0.185. The van der Waals surface area contributed by atoms with Gasteiger partial charge in [0.15, 0.2) is 0 Å². The number of hydrogen-bond donors (Lipinski definition) is 3. The second kappa shape index (κ2) is 13.7. The van der Waals surface area contributed by atoms with Gasteiger partial charge in [0.05, 0.1) is 35.8 Å². The molecule has 1 saturated heterocycles. The van der Waals surface area contributed by atoms with E-state index in [-0.39, 0.29) is 24.3 Å². The highest BCUT2D eigenvalue weighted by atomic mass is 79.9. The van der Waals surface area contributed by atoms with E-state index in [2.05, 4.69) is 21.2 Å². The van der Waals surface area contributed by atoms with Crippen LogP contribution >= 0.6 is 15.9 Å². The molecule has 0 spiro atoms. The maximum Gasteiger partial charge on any atom is 0.408 e. The molecule has 0 saturated carbocycles. The molecule has 10 heteroatoms. The average Bonchev–Trinajstić information content (AvgIpc) is 3.00. The Labute approximate surface area is 258 Å². The standard InChI is InChI=1S/C33H35BrFN3O5/c1-37(20-29(39)23-7-3-2-4-8-23)32(40)31-26(17-25-18-36-19-28(31)38(25)33(41)42)22-11-9-21(10-12-22)6-5-15-43-30-16-24(35)13-14-27(30)34/h2-4,7-14,16,25,28-29,36,39H,5-6,15,17-20H2,1H3,(H,41,42)/t25-,28-,29+/m1/s1. The molecule has 2 heterocycles. The van der Waals surface area contributed by atoms with Gasteiger partial charge in [-0.05, 0) is 69.6 Å². The fourth-order valence-electron chi connectivity index (χ4n) is 5.88. The van der Waals surface area contributed by atoms with E-state index in [0.29, 0.717) is 47.5 Å². The zero-order valence-electron chi connectivity index (χ0n) is 23.9. The van der Waals surface area contributed by atoms with Crippen molar-refractivity contribution in [1.82, 2.24) is 15.1 Å². The number of hydrogen-bond acceptors (Lipinski definition) is 5. The topological polar surface area (TPSA) is 102 Å². The number of aryl methyl sites for hydroxylation is 1. The number of piperazine rings is 1. The highest BCUT2D eigenvalue weighted by Crippen LogP contribution is 2.38. The molecule has 3 N–H and O–H groups in total. The van der Waals surface area contributed by atoms with E-state index in [0.717, 1.165) is 29.5 Å². The van der Waals surface area contributed by atoms with Crippen LogP contribution in [0.5, 0.6) is 5.75 Å². The maximum atomic E-state index is 14.0. The molecule has 3 atom stereocenters. The van der Waals surface area contributed by atoms with E-state index in [1.165, 1.54) is 21.9 Å². The third-order valence-corrected chi connectivity index (χ3v) is 8.69.